The van der Waals surface area contributed by atoms with Crippen LogP contribution in [0.1, 0.15) is 18.5 Å². The van der Waals surface area contributed by atoms with E-state index in [0.717, 1.165) is 18.5 Å². The first-order valence-corrected chi connectivity index (χ1v) is 6.99. The molecule has 114 valence electrons. The molecular weight excluding hydrogens is 281 g/mol. The highest BCUT2D eigenvalue weighted by molar-refractivity contribution is 5.57. The highest BCUT2D eigenvalue weighted by Crippen LogP contribution is 2.36. The molecule has 0 aromatic carbocycles. The average molecular weight is 298 g/mol. The van der Waals surface area contributed by atoms with E-state index in [2.05, 4.69) is 4.98 Å². The molecule has 2 N–H and O–H groups in total. The number of nitrogens with two attached hydrogens (primary N) is 1. The Kier molecular flexibility index (Phi) is 3.52. The van der Waals surface area contributed by atoms with Crippen molar-refractivity contribution >= 4 is 11.5 Å². The number of alkyl halides is 3. The molecule has 0 radical (unpaired) electrons. The third-order valence-electron chi connectivity index (χ3n) is 3.60. The van der Waals surface area contributed by atoms with Gasteiger partial charge in [-0.2, -0.15) is 13.2 Å². The maximum atomic E-state index is 12.9. The van der Waals surface area contributed by atoms with Crippen molar-refractivity contribution in [2.24, 2.45) is 5.73 Å². The second-order valence-electron chi connectivity index (χ2n) is 5.32. The Balaban J connectivity index is 2.05. The number of hydrogen-bond acceptors (Lipinski definition) is 3. The third kappa shape index (κ3) is 2.97. The van der Waals surface area contributed by atoms with Gasteiger partial charge in [-0.3, -0.25) is 0 Å². The van der Waals surface area contributed by atoms with Crippen LogP contribution in [-0.2, 0) is 6.42 Å². The van der Waals surface area contributed by atoms with Gasteiger partial charge in [0.05, 0.1) is 5.69 Å². The van der Waals surface area contributed by atoms with Crippen molar-refractivity contribution in [3.63, 3.8) is 0 Å². The minimum absolute atomic E-state index is 0.0620. The molecule has 7 heteroatoms. The molecule has 0 bridgehead atoms. The number of hydrogen-bond donors (Lipinski definition) is 1. The van der Waals surface area contributed by atoms with Gasteiger partial charge >= 0.3 is 6.18 Å². The van der Waals surface area contributed by atoms with E-state index < -0.39 is 12.7 Å². The Morgan fingerprint density at radius 3 is 2.71 bits per heavy atom. The van der Waals surface area contributed by atoms with Gasteiger partial charge in [-0.15, -0.1) is 0 Å². The largest absolute Gasteiger partial charge is 0.405 e. The lowest BCUT2D eigenvalue weighted by Gasteiger charge is -2.24. The van der Waals surface area contributed by atoms with E-state index >= 15 is 0 Å². The molecule has 0 unspecified atom stereocenters. The Labute approximate surface area is 120 Å². The van der Waals surface area contributed by atoms with E-state index in [-0.39, 0.29) is 6.04 Å². The Morgan fingerprint density at radius 2 is 2.10 bits per heavy atom. The predicted molar refractivity (Wildman–Crippen MR) is 74.4 cm³/mol. The summed E-state index contributed by atoms with van der Waals surface area (Å²) in [6.07, 6.45) is -0.354. The summed E-state index contributed by atoms with van der Waals surface area (Å²) in [5.41, 5.74) is 7.03. The van der Waals surface area contributed by atoms with Crippen LogP contribution in [0.5, 0.6) is 0 Å². The summed E-state index contributed by atoms with van der Waals surface area (Å²) in [6, 6.07) is 5.39. The van der Waals surface area contributed by atoms with E-state index in [1.165, 1.54) is 4.90 Å². The van der Waals surface area contributed by atoms with E-state index in [4.69, 9.17) is 5.73 Å². The predicted octanol–water partition coefficient (Wildman–Crippen LogP) is 2.37. The van der Waals surface area contributed by atoms with Crippen LogP contribution in [0.3, 0.4) is 0 Å². The Bertz CT molecular complexity index is 631. The Morgan fingerprint density at radius 1 is 1.33 bits per heavy atom. The van der Waals surface area contributed by atoms with Crippen LogP contribution in [0.2, 0.25) is 0 Å². The fourth-order valence-corrected chi connectivity index (χ4v) is 2.59. The smallest absolute Gasteiger partial charge is 0.343 e. The van der Waals surface area contributed by atoms with Gasteiger partial charge in [0.25, 0.3) is 0 Å². The summed E-state index contributed by atoms with van der Waals surface area (Å²) in [5.74, 6) is 0.423. The molecule has 1 aliphatic rings. The van der Waals surface area contributed by atoms with Gasteiger partial charge in [-0.25, -0.2) is 4.98 Å². The molecule has 3 rings (SSSR count). The van der Waals surface area contributed by atoms with Gasteiger partial charge in [0.2, 0.25) is 0 Å². The van der Waals surface area contributed by atoms with Crippen molar-refractivity contribution in [1.82, 2.24) is 9.38 Å². The van der Waals surface area contributed by atoms with Crippen LogP contribution >= 0.6 is 0 Å². The second kappa shape index (κ2) is 5.22. The summed E-state index contributed by atoms with van der Waals surface area (Å²) in [6.45, 7) is -0.584. The number of imidazole rings is 1. The highest BCUT2D eigenvalue weighted by atomic mass is 19.4. The van der Waals surface area contributed by atoms with E-state index in [1.807, 2.05) is 22.7 Å². The van der Waals surface area contributed by atoms with E-state index in [9.17, 15) is 13.2 Å². The molecule has 4 nitrogen and oxygen atoms in total. The molecule has 2 heterocycles. The summed E-state index contributed by atoms with van der Waals surface area (Å²) >= 11 is 0. The Hall–Kier alpha value is -1.76. The fraction of sp³-hybridized carbons (Fsp3) is 0.500. The van der Waals surface area contributed by atoms with Gasteiger partial charge in [0.1, 0.15) is 12.2 Å². The van der Waals surface area contributed by atoms with Gasteiger partial charge in [0, 0.05) is 18.7 Å². The van der Waals surface area contributed by atoms with Gasteiger partial charge in [-0.1, -0.05) is 6.07 Å². The van der Waals surface area contributed by atoms with Crippen LogP contribution in [0.15, 0.2) is 24.4 Å². The standard InChI is InChI=1S/C14H17F3N4/c15-14(16,17)9-21(10-4-5-10)13-11(6-7-18)20-8-2-1-3-12(20)19-13/h1-3,8,10H,4-7,9,18H2. The number of nitrogens with zero attached hydrogens (tertiary/aromatic N) is 3. The molecule has 1 aliphatic carbocycles. The number of rotatable bonds is 5. The zero-order valence-electron chi connectivity index (χ0n) is 11.5. The van der Waals surface area contributed by atoms with Crippen molar-refractivity contribution < 1.29 is 13.2 Å². The number of halogens is 3. The third-order valence-corrected chi connectivity index (χ3v) is 3.60. The quantitative estimate of drug-likeness (QED) is 0.922. The first-order valence-electron chi connectivity index (χ1n) is 6.99. The lowest BCUT2D eigenvalue weighted by Crippen LogP contribution is -2.37. The SMILES string of the molecule is NCCc1c(N(CC(F)(F)F)C2CC2)nc2ccccn12. The summed E-state index contributed by atoms with van der Waals surface area (Å²) < 4.78 is 40.4. The summed E-state index contributed by atoms with van der Waals surface area (Å²) in [5, 5.41) is 0. The van der Waals surface area contributed by atoms with Crippen LogP contribution in [-0.4, -0.2) is 34.7 Å². The molecule has 2 aromatic rings. The van der Waals surface area contributed by atoms with Crippen molar-refractivity contribution in [2.45, 2.75) is 31.5 Å². The molecule has 0 amide bonds. The molecule has 0 atom stereocenters. The van der Waals surface area contributed by atoms with Crippen molar-refractivity contribution in [2.75, 3.05) is 18.0 Å². The van der Waals surface area contributed by atoms with Crippen molar-refractivity contribution in [1.29, 1.82) is 0 Å². The second-order valence-corrected chi connectivity index (χ2v) is 5.32. The highest BCUT2D eigenvalue weighted by Gasteiger charge is 2.40. The minimum Gasteiger partial charge on any atom is -0.343 e. The molecule has 0 saturated heterocycles. The van der Waals surface area contributed by atoms with E-state index in [0.29, 0.717) is 24.4 Å². The lowest BCUT2D eigenvalue weighted by molar-refractivity contribution is -0.120. The molecular formula is C14H17F3N4. The lowest BCUT2D eigenvalue weighted by atomic mass is 10.2. The molecule has 1 fully saturated rings. The first kappa shape index (κ1) is 14.2. The number of aromatic nitrogens is 2. The first-order chi connectivity index (χ1) is 9.99. The van der Waals surface area contributed by atoms with Gasteiger partial charge < -0.3 is 15.0 Å². The topological polar surface area (TPSA) is 46.6 Å². The summed E-state index contributed by atoms with van der Waals surface area (Å²) in [7, 11) is 0. The fourth-order valence-electron chi connectivity index (χ4n) is 2.59. The molecule has 2 aromatic heterocycles. The van der Waals surface area contributed by atoms with Crippen LogP contribution in [0, 0.1) is 0 Å². The minimum atomic E-state index is -4.24. The molecule has 0 aliphatic heterocycles. The maximum absolute atomic E-state index is 12.9. The number of pyridine rings is 1. The van der Waals surface area contributed by atoms with Gasteiger partial charge in [-0.05, 0) is 31.5 Å². The van der Waals surface area contributed by atoms with Crippen LogP contribution in [0.4, 0.5) is 19.0 Å². The normalized spacial score (nSPS) is 15.6. The molecule has 1 saturated carbocycles. The summed E-state index contributed by atoms with van der Waals surface area (Å²) in [4.78, 5) is 5.80. The number of fused-ring (bicyclic) bond motifs is 1. The zero-order valence-corrected chi connectivity index (χ0v) is 11.5. The number of anilines is 1. The van der Waals surface area contributed by atoms with Crippen molar-refractivity contribution in [3.05, 3.63) is 30.1 Å². The van der Waals surface area contributed by atoms with Gasteiger partial charge in [0.15, 0.2) is 5.82 Å². The van der Waals surface area contributed by atoms with Crippen LogP contribution in [0.25, 0.3) is 5.65 Å². The zero-order chi connectivity index (χ0) is 15.0. The molecule has 0 spiro atoms. The van der Waals surface area contributed by atoms with Crippen LogP contribution < -0.4 is 10.6 Å². The monoisotopic (exact) mass is 298 g/mol. The van der Waals surface area contributed by atoms with E-state index in [1.54, 1.807) is 6.07 Å². The van der Waals surface area contributed by atoms with Crippen molar-refractivity contribution in [3.8, 4) is 0 Å². The molecule has 21 heavy (non-hydrogen) atoms. The maximum Gasteiger partial charge on any atom is 0.405 e. The average Bonchev–Trinajstić information content (AvgIpc) is 3.19.